The molecular weight excluding hydrogens is 264 g/mol. The van der Waals surface area contributed by atoms with Crippen LogP contribution in [-0.4, -0.2) is 48.4 Å². The van der Waals surface area contributed by atoms with Crippen LogP contribution in [-0.2, 0) is 13.1 Å². The van der Waals surface area contributed by atoms with Crippen LogP contribution in [0.1, 0.15) is 27.9 Å². The molecule has 5 heteroatoms. The highest BCUT2D eigenvalue weighted by Gasteiger charge is 2.22. The molecule has 0 spiro atoms. The Balaban J connectivity index is 1.60. The topological polar surface area (TPSA) is 59.4 Å². The average molecular weight is 284 g/mol. The molecular formula is C16H20N4O. The van der Waals surface area contributed by atoms with Gasteiger partial charge in [-0.25, -0.2) is 0 Å². The number of nitrogens with one attached hydrogen (secondary N) is 1. The van der Waals surface area contributed by atoms with Crippen LogP contribution in [0.15, 0.2) is 18.2 Å². The molecule has 3 rings (SSSR count). The molecule has 110 valence electrons. The van der Waals surface area contributed by atoms with Crippen molar-refractivity contribution in [2.24, 2.45) is 0 Å². The molecule has 0 atom stereocenters. The molecule has 0 saturated carbocycles. The SMILES string of the molecule is N#CCCN1CCN(C(=O)c2ccc3c(c2)CNC3)CC1. The molecule has 0 aromatic heterocycles. The molecule has 1 fully saturated rings. The van der Waals surface area contributed by atoms with Crippen LogP contribution in [0, 0.1) is 11.3 Å². The summed E-state index contributed by atoms with van der Waals surface area (Å²) >= 11 is 0. The van der Waals surface area contributed by atoms with Gasteiger partial charge in [0.2, 0.25) is 0 Å². The number of hydrogen-bond acceptors (Lipinski definition) is 4. The van der Waals surface area contributed by atoms with Crippen LogP contribution >= 0.6 is 0 Å². The quantitative estimate of drug-likeness (QED) is 0.898. The average Bonchev–Trinajstić information content (AvgIpc) is 3.00. The minimum absolute atomic E-state index is 0.129. The Labute approximate surface area is 125 Å². The number of amides is 1. The zero-order valence-corrected chi connectivity index (χ0v) is 12.1. The summed E-state index contributed by atoms with van der Waals surface area (Å²) in [6.07, 6.45) is 0.561. The van der Waals surface area contributed by atoms with Crippen LogP contribution in [0.25, 0.3) is 0 Å². The maximum atomic E-state index is 12.6. The standard InChI is InChI=1S/C16H20N4O/c17-4-1-5-19-6-8-20(9-7-19)16(21)13-2-3-14-11-18-12-15(14)10-13/h2-3,10,18H,1,5-9,11-12H2. The third kappa shape index (κ3) is 3.07. The van der Waals surface area contributed by atoms with Crippen molar-refractivity contribution in [2.75, 3.05) is 32.7 Å². The van der Waals surface area contributed by atoms with Crippen molar-refractivity contribution in [3.63, 3.8) is 0 Å². The Bertz CT molecular complexity index is 570. The highest BCUT2D eigenvalue weighted by Crippen LogP contribution is 2.18. The Morgan fingerprint density at radius 2 is 1.95 bits per heavy atom. The summed E-state index contributed by atoms with van der Waals surface area (Å²) in [6.45, 7) is 5.79. The van der Waals surface area contributed by atoms with Gasteiger partial charge in [-0.05, 0) is 23.3 Å². The van der Waals surface area contributed by atoms with Gasteiger partial charge < -0.3 is 10.2 Å². The molecule has 0 unspecified atom stereocenters. The van der Waals surface area contributed by atoms with E-state index in [0.717, 1.165) is 51.4 Å². The van der Waals surface area contributed by atoms with Gasteiger partial charge in [0.05, 0.1) is 6.07 Å². The highest BCUT2D eigenvalue weighted by atomic mass is 16.2. The fraction of sp³-hybridized carbons (Fsp3) is 0.500. The largest absolute Gasteiger partial charge is 0.336 e. The molecule has 0 radical (unpaired) electrons. The molecule has 1 aromatic carbocycles. The van der Waals surface area contributed by atoms with E-state index < -0.39 is 0 Å². The number of carbonyl (C=O) groups is 1. The second-order valence-electron chi connectivity index (χ2n) is 5.63. The number of nitrogens with zero attached hydrogens (tertiary/aromatic N) is 3. The van der Waals surface area contributed by atoms with E-state index in [1.807, 2.05) is 17.0 Å². The Morgan fingerprint density at radius 3 is 2.71 bits per heavy atom. The second-order valence-corrected chi connectivity index (χ2v) is 5.63. The summed E-state index contributed by atoms with van der Waals surface area (Å²) in [4.78, 5) is 16.7. The molecule has 2 aliphatic heterocycles. The number of piperazine rings is 1. The number of fused-ring (bicyclic) bond motifs is 1. The van der Waals surface area contributed by atoms with Crippen LogP contribution in [0.4, 0.5) is 0 Å². The number of benzene rings is 1. The van der Waals surface area contributed by atoms with Crippen molar-refractivity contribution < 1.29 is 4.79 Å². The smallest absolute Gasteiger partial charge is 0.253 e. The lowest BCUT2D eigenvalue weighted by atomic mass is 10.1. The summed E-state index contributed by atoms with van der Waals surface area (Å²) in [5.74, 6) is 0.129. The predicted octanol–water partition coefficient (Wildman–Crippen LogP) is 0.961. The monoisotopic (exact) mass is 284 g/mol. The molecule has 1 amide bonds. The summed E-state index contributed by atoms with van der Waals surface area (Å²) in [7, 11) is 0. The van der Waals surface area contributed by atoms with Gasteiger partial charge in [-0.15, -0.1) is 0 Å². The lowest BCUT2D eigenvalue weighted by Crippen LogP contribution is -2.48. The molecule has 0 aliphatic carbocycles. The zero-order chi connectivity index (χ0) is 14.7. The number of nitriles is 1. The van der Waals surface area contributed by atoms with Gasteiger partial charge in [0.15, 0.2) is 0 Å². The lowest BCUT2D eigenvalue weighted by Gasteiger charge is -2.34. The summed E-state index contributed by atoms with van der Waals surface area (Å²) < 4.78 is 0. The first-order valence-electron chi connectivity index (χ1n) is 7.49. The van der Waals surface area contributed by atoms with E-state index in [1.165, 1.54) is 11.1 Å². The first-order valence-corrected chi connectivity index (χ1v) is 7.49. The molecule has 1 N–H and O–H groups in total. The fourth-order valence-electron chi connectivity index (χ4n) is 2.99. The third-order valence-electron chi connectivity index (χ3n) is 4.28. The van der Waals surface area contributed by atoms with Crippen molar-refractivity contribution in [3.05, 3.63) is 34.9 Å². The summed E-state index contributed by atoms with van der Waals surface area (Å²) in [5, 5.41) is 11.9. The van der Waals surface area contributed by atoms with E-state index in [0.29, 0.717) is 6.42 Å². The zero-order valence-electron chi connectivity index (χ0n) is 12.1. The van der Waals surface area contributed by atoms with Gasteiger partial charge in [0.25, 0.3) is 5.91 Å². The molecule has 0 bridgehead atoms. The minimum atomic E-state index is 0.129. The van der Waals surface area contributed by atoms with Gasteiger partial charge in [-0.3, -0.25) is 9.69 Å². The molecule has 1 saturated heterocycles. The van der Waals surface area contributed by atoms with E-state index in [2.05, 4.69) is 22.4 Å². The molecule has 21 heavy (non-hydrogen) atoms. The van der Waals surface area contributed by atoms with Crippen molar-refractivity contribution in [2.45, 2.75) is 19.5 Å². The van der Waals surface area contributed by atoms with Gasteiger partial charge >= 0.3 is 0 Å². The van der Waals surface area contributed by atoms with Crippen molar-refractivity contribution >= 4 is 5.91 Å². The maximum absolute atomic E-state index is 12.6. The Hall–Kier alpha value is -1.90. The van der Waals surface area contributed by atoms with E-state index >= 15 is 0 Å². The van der Waals surface area contributed by atoms with Crippen LogP contribution in [0.2, 0.25) is 0 Å². The Morgan fingerprint density at radius 1 is 1.19 bits per heavy atom. The number of rotatable bonds is 3. The first-order chi connectivity index (χ1) is 10.3. The third-order valence-corrected chi connectivity index (χ3v) is 4.28. The normalized spacial score (nSPS) is 18.3. The number of carbonyl (C=O) groups excluding carboxylic acids is 1. The van der Waals surface area contributed by atoms with E-state index in [4.69, 9.17) is 5.26 Å². The van der Waals surface area contributed by atoms with Crippen LogP contribution in [0.5, 0.6) is 0 Å². The van der Waals surface area contributed by atoms with Crippen molar-refractivity contribution in [1.82, 2.24) is 15.1 Å². The summed E-state index contributed by atoms with van der Waals surface area (Å²) in [6, 6.07) is 8.20. The van der Waals surface area contributed by atoms with Crippen LogP contribution in [0.3, 0.4) is 0 Å². The second kappa shape index (κ2) is 6.25. The van der Waals surface area contributed by atoms with Crippen molar-refractivity contribution in [3.8, 4) is 6.07 Å². The minimum Gasteiger partial charge on any atom is -0.336 e. The first kappa shape index (κ1) is 14.1. The number of hydrogen-bond donors (Lipinski definition) is 1. The van der Waals surface area contributed by atoms with E-state index in [1.54, 1.807) is 0 Å². The van der Waals surface area contributed by atoms with Gasteiger partial charge in [0, 0.05) is 57.8 Å². The van der Waals surface area contributed by atoms with Crippen molar-refractivity contribution in [1.29, 1.82) is 5.26 Å². The van der Waals surface area contributed by atoms with Crippen LogP contribution < -0.4 is 5.32 Å². The van der Waals surface area contributed by atoms with E-state index in [9.17, 15) is 4.79 Å². The van der Waals surface area contributed by atoms with Gasteiger partial charge in [0.1, 0.15) is 0 Å². The molecule has 5 nitrogen and oxygen atoms in total. The molecule has 2 aliphatic rings. The molecule has 1 aromatic rings. The lowest BCUT2D eigenvalue weighted by molar-refractivity contribution is 0.0639. The molecule has 2 heterocycles. The van der Waals surface area contributed by atoms with Gasteiger partial charge in [-0.2, -0.15) is 5.26 Å². The van der Waals surface area contributed by atoms with E-state index in [-0.39, 0.29) is 5.91 Å². The fourth-order valence-corrected chi connectivity index (χ4v) is 2.99. The maximum Gasteiger partial charge on any atom is 0.253 e. The predicted molar refractivity (Wildman–Crippen MR) is 79.6 cm³/mol. The summed E-state index contributed by atoms with van der Waals surface area (Å²) in [5.41, 5.74) is 3.34. The Kier molecular flexibility index (Phi) is 4.18. The van der Waals surface area contributed by atoms with Gasteiger partial charge in [-0.1, -0.05) is 6.07 Å². The highest BCUT2D eigenvalue weighted by molar-refractivity contribution is 5.94.